The lowest BCUT2D eigenvalue weighted by Crippen LogP contribution is -2.48. The quantitative estimate of drug-likeness (QED) is 0.832. The van der Waals surface area contributed by atoms with E-state index >= 15 is 0 Å². The van der Waals surface area contributed by atoms with E-state index in [1.54, 1.807) is 11.3 Å². The number of hydrogen-bond acceptors (Lipinski definition) is 4. The zero-order valence-corrected chi connectivity index (χ0v) is 12.8. The fourth-order valence-corrected chi connectivity index (χ4v) is 3.27. The molecule has 1 atom stereocenters. The van der Waals surface area contributed by atoms with Crippen molar-refractivity contribution in [3.05, 3.63) is 22.4 Å². The second-order valence-electron chi connectivity index (χ2n) is 5.92. The molecule has 1 aromatic heterocycles. The van der Waals surface area contributed by atoms with Crippen LogP contribution in [0.15, 0.2) is 16.8 Å². The number of nitrogens with zero attached hydrogens (tertiary/aromatic N) is 2. The van der Waals surface area contributed by atoms with Crippen molar-refractivity contribution >= 4 is 17.2 Å². The minimum Gasteiger partial charge on any atom is -0.374 e. The Bertz CT molecular complexity index is 445. The SMILES string of the molecule is CN1CCO[C@H](CN(CC2CC2)C(=O)c2ccsc2)C1. The van der Waals surface area contributed by atoms with Gasteiger partial charge in [0.15, 0.2) is 0 Å². The second kappa shape index (κ2) is 6.24. The summed E-state index contributed by atoms with van der Waals surface area (Å²) in [5, 5.41) is 3.91. The topological polar surface area (TPSA) is 32.8 Å². The summed E-state index contributed by atoms with van der Waals surface area (Å²) in [7, 11) is 2.11. The predicted octanol–water partition coefficient (Wildman–Crippen LogP) is 1.93. The van der Waals surface area contributed by atoms with Gasteiger partial charge in [-0.15, -0.1) is 0 Å². The van der Waals surface area contributed by atoms with Gasteiger partial charge in [0, 0.05) is 31.6 Å². The van der Waals surface area contributed by atoms with Crippen LogP contribution < -0.4 is 0 Å². The van der Waals surface area contributed by atoms with Gasteiger partial charge in [-0.3, -0.25) is 4.79 Å². The number of rotatable bonds is 5. The molecule has 1 aromatic rings. The lowest BCUT2D eigenvalue weighted by atomic mass is 10.2. The molecule has 1 saturated heterocycles. The van der Waals surface area contributed by atoms with Crippen molar-refractivity contribution in [3.8, 4) is 0 Å². The fraction of sp³-hybridized carbons (Fsp3) is 0.667. The zero-order chi connectivity index (χ0) is 13.9. The molecule has 110 valence electrons. The molecule has 1 amide bonds. The van der Waals surface area contributed by atoms with Gasteiger partial charge in [-0.05, 0) is 37.3 Å². The molecule has 2 aliphatic rings. The summed E-state index contributed by atoms with van der Waals surface area (Å²) in [4.78, 5) is 16.9. The minimum atomic E-state index is 0.148. The van der Waals surface area contributed by atoms with Crippen LogP contribution in [0.25, 0.3) is 0 Å². The van der Waals surface area contributed by atoms with Crippen molar-refractivity contribution in [1.29, 1.82) is 0 Å². The fourth-order valence-electron chi connectivity index (χ4n) is 2.64. The molecule has 1 aliphatic heterocycles. The Morgan fingerprint density at radius 3 is 3.00 bits per heavy atom. The van der Waals surface area contributed by atoms with Gasteiger partial charge in [0.1, 0.15) is 0 Å². The first-order valence-electron chi connectivity index (χ1n) is 7.34. The Kier molecular flexibility index (Phi) is 4.38. The molecule has 0 unspecified atom stereocenters. The van der Waals surface area contributed by atoms with Crippen LogP contribution in [0.5, 0.6) is 0 Å². The first kappa shape index (κ1) is 14.0. The third kappa shape index (κ3) is 3.59. The highest BCUT2D eigenvalue weighted by atomic mass is 32.1. The van der Waals surface area contributed by atoms with Gasteiger partial charge in [0.2, 0.25) is 0 Å². The van der Waals surface area contributed by atoms with Crippen LogP contribution in [0.2, 0.25) is 0 Å². The molecule has 0 bridgehead atoms. The molecule has 2 heterocycles. The molecule has 5 heteroatoms. The number of amides is 1. The molecule has 1 saturated carbocycles. The lowest BCUT2D eigenvalue weighted by molar-refractivity contribution is -0.0331. The predicted molar refractivity (Wildman–Crippen MR) is 80.2 cm³/mol. The third-order valence-corrected chi connectivity index (χ3v) is 4.68. The van der Waals surface area contributed by atoms with E-state index in [4.69, 9.17) is 4.74 Å². The van der Waals surface area contributed by atoms with E-state index in [-0.39, 0.29) is 12.0 Å². The van der Waals surface area contributed by atoms with Crippen molar-refractivity contribution < 1.29 is 9.53 Å². The molecule has 4 nitrogen and oxygen atoms in total. The molecule has 0 radical (unpaired) electrons. The second-order valence-corrected chi connectivity index (χ2v) is 6.70. The van der Waals surface area contributed by atoms with Gasteiger partial charge < -0.3 is 14.5 Å². The largest absolute Gasteiger partial charge is 0.374 e. The van der Waals surface area contributed by atoms with E-state index in [9.17, 15) is 4.79 Å². The van der Waals surface area contributed by atoms with Crippen LogP contribution in [-0.2, 0) is 4.74 Å². The first-order chi connectivity index (χ1) is 9.72. The Hall–Kier alpha value is -0.910. The maximum atomic E-state index is 12.6. The van der Waals surface area contributed by atoms with Crippen LogP contribution in [0.1, 0.15) is 23.2 Å². The van der Waals surface area contributed by atoms with E-state index in [0.29, 0.717) is 5.92 Å². The lowest BCUT2D eigenvalue weighted by Gasteiger charge is -2.34. The standard InChI is InChI=1S/C15H22N2O2S/c1-16-5-6-19-14(9-16)10-17(8-12-2-3-12)15(18)13-4-7-20-11-13/h4,7,11-12,14H,2-3,5-6,8-10H2,1H3/t14-/m0/s1. The first-order valence-corrected chi connectivity index (χ1v) is 8.28. The van der Waals surface area contributed by atoms with E-state index in [2.05, 4.69) is 11.9 Å². The van der Waals surface area contributed by atoms with Gasteiger partial charge in [-0.1, -0.05) is 0 Å². The summed E-state index contributed by atoms with van der Waals surface area (Å²) in [6.07, 6.45) is 2.67. The average molecular weight is 294 g/mol. The summed E-state index contributed by atoms with van der Waals surface area (Å²) in [6.45, 7) is 4.27. The summed E-state index contributed by atoms with van der Waals surface area (Å²) in [5.74, 6) is 0.869. The Morgan fingerprint density at radius 1 is 1.50 bits per heavy atom. The summed E-state index contributed by atoms with van der Waals surface area (Å²) in [6, 6.07) is 1.92. The molecule has 0 spiro atoms. The van der Waals surface area contributed by atoms with Crippen molar-refractivity contribution in [2.24, 2.45) is 5.92 Å². The molecular weight excluding hydrogens is 272 g/mol. The van der Waals surface area contributed by atoms with Gasteiger partial charge in [-0.25, -0.2) is 0 Å². The van der Waals surface area contributed by atoms with Gasteiger partial charge in [-0.2, -0.15) is 11.3 Å². The number of likely N-dealkylation sites (N-methyl/N-ethyl adjacent to an activating group) is 1. The Balaban J connectivity index is 1.64. The molecule has 2 fully saturated rings. The number of thiophene rings is 1. The summed E-state index contributed by atoms with van der Waals surface area (Å²) in [5.41, 5.74) is 0.819. The number of carbonyl (C=O) groups is 1. The van der Waals surface area contributed by atoms with Crippen LogP contribution >= 0.6 is 11.3 Å². The van der Waals surface area contributed by atoms with E-state index in [1.165, 1.54) is 12.8 Å². The van der Waals surface area contributed by atoms with Crippen LogP contribution in [0, 0.1) is 5.92 Å². The highest BCUT2D eigenvalue weighted by Gasteiger charge is 2.30. The smallest absolute Gasteiger partial charge is 0.254 e. The van der Waals surface area contributed by atoms with Crippen molar-refractivity contribution in [1.82, 2.24) is 9.80 Å². The number of ether oxygens (including phenoxy) is 1. The number of hydrogen-bond donors (Lipinski definition) is 0. The molecule has 3 rings (SSSR count). The Labute approximate surface area is 124 Å². The summed E-state index contributed by atoms with van der Waals surface area (Å²) >= 11 is 1.58. The highest BCUT2D eigenvalue weighted by molar-refractivity contribution is 7.08. The Morgan fingerprint density at radius 2 is 2.35 bits per heavy atom. The van der Waals surface area contributed by atoms with E-state index in [0.717, 1.165) is 38.3 Å². The van der Waals surface area contributed by atoms with Gasteiger partial charge in [0.05, 0.1) is 18.3 Å². The molecular formula is C15H22N2O2S. The monoisotopic (exact) mass is 294 g/mol. The van der Waals surface area contributed by atoms with Crippen LogP contribution in [-0.4, -0.2) is 61.6 Å². The molecule has 20 heavy (non-hydrogen) atoms. The maximum Gasteiger partial charge on any atom is 0.254 e. The van der Waals surface area contributed by atoms with Crippen LogP contribution in [0.3, 0.4) is 0 Å². The van der Waals surface area contributed by atoms with Crippen LogP contribution in [0.4, 0.5) is 0 Å². The average Bonchev–Trinajstić information content (AvgIpc) is 3.08. The minimum absolute atomic E-state index is 0.148. The third-order valence-electron chi connectivity index (χ3n) is 4.00. The molecule has 0 aromatic carbocycles. The maximum absolute atomic E-state index is 12.6. The van der Waals surface area contributed by atoms with Crippen molar-refractivity contribution in [3.63, 3.8) is 0 Å². The van der Waals surface area contributed by atoms with E-state index < -0.39 is 0 Å². The summed E-state index contributed by atoms with van der Waals surface area (Å²) < 4.78 is 5.82. The zero-order valence-electron chi connectivity index (χ0n) is 12.0. The number of morpholine rings is 1. The highest BCUT2D eigenvalue weighted by Crippen LogP contribution is 2.30. The normalized spacial score (nSPS) is 23.8. The molecule has 0 N–H and O–H groups in total. The molecule has 1 aliphatic carbocycles. The van der Waals surface area contributed by atoms with Crippen molar-refractivity contribution in [2.75, 3.05) is 39.8 Å². The van der Waals surface area contributed by atoms with Crippen molar-refractivity contribution in [2.45, 2.75) is 18.9 Å². The van der Waals surface area contributed by atoms with Gasteiger partial charge in [0.25, 0.3) is 5.91 Å². The number of carbonyl (C=O) groups excluding carboxylic acids is 1. The van der Waals surface area contributed by atoms with E-state index in [1.807, 2.05) is 21.7 Å². The van der Waals surface area contributed by atoms with Gasteiger partial charge >= 0.3 is 0 Å².